The number of hydrogen-bond acceptors (Lipinski definition) is 2. The van der Waals surface area contributed by atoms with Gasteiger partial charge in [-0.05, 0) is 61.1 Å². The normalized spacial score (nSPS) is 10.8. The lowest BCUT2D eigenvalue weighted by Crippen LogP contribution is -2.18. The van der Waals surface area contributed by atoms with Crippen LogP contribution in [0, 0.1) is 0 Å². The lowest BCUT2D eigenvalue weighted by Gasteiger charge is -2.11. The summed E-state index contributed by atoms with van der Waals surface area (Å²) in [7, 11) is 0. The zero-order chi connectivity index (χ0) is 20.2. The molecule has 6 heteroatoms. The molecule has 29 heavy (non-hydrogen) atoms. The van der Waals surface area contributed by atoms with Crippen LogP contribution in [-0.2, 0) is 6.54 Å². The molecule has 146 valence electrons. The number of imidazole rings is 1. The molecular weight excluding hydrogens is 400 g/mol. The third kappa shape index (κ3) is 4.42. The Bertz CT molecular complexity index is 1140. The lowest BCUT2D eigenvalue weighted by molar-refractivity contribution is 0.704. The number of halogens is 1. The zero-order valence-electron chi connectivity index (χ0n) is 16.0. The van der Waals surface area contributed by atoms with Gasteiger partial charge in [0.1, 0.15) is 5.82 Å². The van der Waals surface area contributed by atoms with Crippen molar-refractivity contribution >= 4 is 51.3 Å². The summed E-state index contributed by atoms with van der Waals surface area (Å²) < 4.78 is 2.28. The molecule has 0 spiro atoms. The van der Waals surface area contributed by atoms with E-state index in [0.29, 0.717) is 10.1 Å². The minimum Gasteiger partial charge on any atom is -0.332 e. The third-order valence-electron chi connectivity index (χ3n) is 4.59. The van der Waals surface area contributed by atoms with Gasteiger partial charge in [0.05, 0.1) is 11.0 Å². The van der Waals surface area contributed by atoms with Crippen LogP contribution in [-0.4, -0.2) is 14.7 Å². The lowest BCUT2D eigenvalue weighted by atomic mass is 10.2. The summed E-state index contributed by atoms with van der Waals surface area (Å²) in [4.78, 5) is 4.91. The van der Waals surface area contributed by atoms with Crippen LogP contribution in [0.4, 0.5) is 11.4 Å². The molecule has 0 saturated heterocycles. The minimum atomic E-state index is 0.517. The van der Waals surface area contributed by atoms with Gasteiger partial charge in [0.25, 0.3) is 0 Å². The number of fused-ring (bicyclic) bond motifs is 1. The highest BCUT2D eigenvalue weighted by Gasteiger charge is 2.12. The van der Waals surface area contributed by atoms with Crippen molar-refractivity contribution in [3.63, 3.8) is 0 Å². The highest BCUT2D eigenvalue weighted by atomic mass is 35.5. The summed E-state index contributed by atoms with van der Waals surface area (Å²) in [6.45, 7) is 3.10. The molecule has 4 nitrogen and oxygen atoms in total. The molecule has 0 fully saturated rings. The minimum absolute atomic E-state index is 0.517. The molecule has 0 aliphatic heterocycles. The highest BCUT2D eigenvalue weighted by molar-refractivity contribution is 7.80. The monoisotopic (exact) mass is 420 g/mol. The molecule has 0 atom stereocenters. The van der Waals surface area contributed by atoms with Crippen LogP contribution in [0.5, 0.6) is 0 Å². The molecule has 0 bridgehead atoms. The summed E-state index contributed by atoms with van der Waals surface area (Å²) in [6, 6.07) is 23.9. The second kappa shape index (κ2) is 8.64. The van der Waals surface area contributed by atoms with Crippen molar-refractivity contribution in [3.8, 4) is 11.4 Å². The van der Waals surface area contributed by atoms with E-state index < -0.39 is 0 Å². The van der Waals surface area contributed by atoms with Crippen LogP contribution in [0.15, 0.2) is 72.8 Å². The maximum absolute atomic E-state index is 5.93. The highest BCUT2D eigenvalue weighted by Crippen LogP contribution is 2.27. The number of nitrogens with zero attached hydrogens (tertiary/aromatic N) is 2. The van der Waals surface area contributed by atoms with Crippen molar-refractivity contribution in [1.29, 1.82) is 0 Å². The first kappa shape index (κ1) is 19.4. The molecule has 0 saturated carbocycles. The van der Waals surface area contributed by atoms with Gasteiger partial charge in [-0.1, -0.05) is 48.9 Å². The fourth-order valence-electron chi connectivity index (χ4n) is 3.29. The summed E-state index contributed by atoms with van der Waals surface area (Å²) in [6.07, 6.45) is 1.04. The first-order valence-corrected chi connectivity index (χ1v) is 10.3. The summed E-state index contributed by atoms with van der Waals surface area (Å²) in [5, 5.41) is 7.61. The number of anilines is 2. The fourth-order valence-corrected chi connectivity index (χ4v) is 3.65. The Morgan fingerprint density at radius 1 is 0.966 bits per heavy atom. The van der Waals surface area contributed by atoms with Crippen molar-refractivity contribution in [1.82, 2.24) is 9.55 Å². The van der Waals surface area contributed by atoms with Gasteiger partial charge in [-0.25, -0.2) is 4.98 Å². The maximum atomic E-state index is 5.93. The molecule has 3 aromatic carbocycles. The Labute approximate surface area is 180 Å². The van der Waals surface area contributed by atoms with Crippen molar-refractivity contribution in [2.24, 2.45) is 0 Å². The van der Waals surface area contributed by atoms with Gasteiger partial charge in [0.2, 0.25) is 0 Å². The van der Waals surface area contributed by atoms with Crippen LogP contribution in [0.25, 0.3) is 22.4 Å². The Morgan fingerprint density at radius 2 is 1.66 bits per heavy atom. The average molecular weight is 421 g/mol. The first-order chi connectivity index (χ1) is 14.1. The Kier molecular flexibility index (Phi) is 5.79. The molecule has 4 rings (SSSR count). The van der Waals surface area contributed by atoms with Crippen molar-refractivity contribution in [2.75, 3.05) is 10.6 Å². The number of rotatable bonds is 5. The second-order valence-corrected chi connectivity index (χ2v) is 7.59. The van der Waals surface area contributed by atoms with E-state index in [9.17, 15) is 0 Å². The maximum Gasteiger partial charge on any atom is 0.175 e. The van der Waals surface area contributed by atoms with Gasteiger partial charge in [-0.3, -0.25) is 0 Å². The smallest absolute Gasteiger partial charge is 0.175 e. The number of aryl methyl sites for hydroxylation is 1. The Balaban J connectivity index is 1.60. The van der Waals surface area contributed by atoms with E-state index in [1.807, 2.05) is 54.6 Å². The topological polar surface area (TPSA) is 41.9 Å². The van der Waals surface area contributed by atoms with E-state index in [1.54, 1.807) is 0 Å². The summed E-state index contributed by atoms with van der Waals surface area (Å²) >= 11 is 11.4. The van der Waals surface area contributed by atoms with Crippen molar-refractivity contribution in [3.05, 3.63) is 77.8 Å². The van der Waals surface area contributed by atoms with E-state index in [0.717, 1.165) is 46.8 Å². The van der Waals surface area contributed by atoms with Crippen LogP contribution >= 0.6 is 23.8 Å². The van der Waals surface area contributed by atoms with Crippen LogP contribution in [0.1, 0.15) is 13.3 Å². The molecule has 0 unspecified atom stereocenters. The molecule has 0 amide bonds. The van der Waals surface area contributed by atoms with E-state index in [-0.39, 0.29) is 0 Å². The van der Waals surface area contributed by atoms with Gasteiger partial charge in [0, 0.05) is 28.5 Å². The molecule has 1 heterocycles. The van der Waals surface area contributed by atoms with E-state index in [4.69, 9.17) is 28.8 Å². The predicted molar refractivity (Wildman–Crippen MR) is 127 cm³/mol. The van der Waals surface area contributed by atoms with Gasteiger partial charge in [0.15, 0.2) is 5.11 Å². The largest absolute Gasteiger partial charge is 0.332 e. The van der Waals surface area contributed by atoms with E-state index >= 15 is 0 Å². The molecular formula is C23H21ClN4S. The van der Waals surface area contributed by atoms with Gasteiger partial charge < -0.3 is 15.2 Å². The first-order valence-electron chi connectivity index (χ1n) is 9.53. The Morgan fingerprint density at radius 3 is 2.38 bits per heavy atom. The standard InChI is InChI=1S/C23H21ClN4S/c1-2-14-28-21-13-12-19(26-23(29)25-18-10-8-17(24)9-11-18)15-20(21)27-22(28)16-6-4-3-5-7-16/h3-13,15H,2,14H2,1H3,(H2,25,26,29). The molecule has 1 aromatic heterocycles. The summed E-state index contributed by atoms with van der Waals surface area (Å²) in [5.74, 6) is 0.987. The molecule has 0 aliphatic carbocycles. The molecule has 4 aromatic rings. The molecule has 0 radical (unpaired) electrons. The quantitative estimate of drug-likeness (QED) is 0.358. The SMILES string of the molecule is CCCn1c(-c2ccccc2)nc2cc(NC(=S)Nc3ccc(Cl)cc3)ccc21. The van der Waals surface area contributed by atoms with Crippen LogP contribution in [0.3, 0.4) is 0 Å². The Hall–Kier alpha value is -2.89. The van der Waals surface area contributed by atoms with E-state index in [1.165, 1.54) is 0 Å². The number of thiocarbonyl (C=S) groups is 1. The van der Waals surface area contributed by atoms with Crippen LogP contribution < -0.4 is 10.6 Å². The predicted octanol–water partition coefficient (Wildman–Crippen LogP) is 6.58. The van der Waals surface area contributed by atoms with Gasteiger partial charge in [-0.15, -0.1) is 0 Å². The van der Waals surface area contributed by atoms with E-state index in [2.05, 4.69) is 40.3 Å². The van der Waals surface area contributed by atoms with Gasteiger partial charge >= 0.3 is 0 Å². The number of aromatic nitrogens is 2. The number of hydrogen-bond donors (Lipinski definition) is 2. The van der Waals surface area contributed by atoms with Crippen molar-refractivity contribution < 1.29 is 0 Å². The number of nitrogens with one attached hydrogen (secondary N) is 2. The summed E-state index contributed by atoms with van der Waals surface area (Å²) in [5.41, 5.74) is 4.95. The number of benzene rings is 3. The van der Waals surface area contributed by atoms with Gasteiger partial charge in [-0.2, -0.15) is 0 Å². The fraction of sp³-hybridized carbons (Fsp3) is 0.130. The molecule has 0 aliphatic rings. The second-order valence-electron chi connectivity index (χ2n) is 6.74. The van der Waals surface area contributed by atoms with Crippen LogP contribution in [0.2, 0.25) is 5.02 Å². The molecule has 2 N–H and O–H groups in total. The average Bonchev–Trinajstić information content (AvgIpc) is 3.08. The van der Waals surface area contributed by atoms with Crippen molar-refractivity contribution in [2.45, 2.75) is 19.9 Å². The third-order valence-corrected chi connectivity index (χ3v) is 5.04. The zero-order valence-corrected chi connectivity index (χ0v) is 17.6.